The van der Waals surface area contributed by atoms with Crippen LogP contribution in [0, 0.1) is 0 Å². The molecule has 2 aromatic carbocycles. The quantitative estimate of drug-likeness (QED) is 0.357. The van der Waals surface area contributed by atoms with E-state index in [-0.39, 0.29) is 5.97 Å². The minimum absolute atomic E-state index is 0.371. The molecule has 0 amide bonds. The van der Waals surface area contributed by atoms with E-state index in [1.807, 2.05) is 42.5 Å². The molecule has 22 heavy (non-hydrogen) atoms. The Balaban J connectivity index is 2.22. The molecule has 0 bridgehead atoms. The molecule has 2 aromatic rings. The van der Waals surface area contributed by atoms with E-state index in [4.69, 9.17) is 13.8 Å². The first-order valence-electron chi connectivity index (χ1n) is 6.46. The summed E-state index contributed by atoms with van der Waals surface area (Å²) in [5.41, 5.74) is 1.89. The molecule has 2 atom stereocenters. The van der Waals surface area contributed by atoms with Crippen molar-refractivity contribution in [3.05, 3.63) is 53.6 Å². The maximum atomic E-state index is 11.1. The van der Waals surface area contributed by atoms with Gasteiger partial charge in [0.2, 0.25) is 0 Å². The van der Waals surface area contributed by atoms with Gasteiger partial charge in [-0.15, -0.1) is 0 Å². The van der Waals surface area contributed by atoms with Crippen LogP contribution in [0.4, 0.5) is 0 Å². The van der Waals surface area contributed by atoms with Crippen molar-refractivity contribution in [2.45, 2.75) is 6.92 Å². The van der Waals surface area contributed by atoms with Crippen LogP contribution in [-0.4, -0.2) is 5.97 Å². The first-order chi connectivity index (χ1) is 10.6. The Hall–Kier alpha value is -1.89. The molecule has 0 saturated heterocycles. The SMILES string of the molecule is CC(=O)Oc1cc(C=Cc2ccc(OP)cc2)cc(OP)c1. The van der Waals surface area contributed by atoms with Crippen LogP contribution < -0.4 is 13.8 Å². The summed E-state index contributed by atoms with van der Waals surface area (Å²) < 4.78 is 15.3. The molecular weight excluding hydrogens is 318 g/mol. The molecule has 4 nitrogen and oxygen atoms in total. The highest BCUT2D eigenvalue weighted by Crippen LogP contribution is 2.26. The summed E-state index contributed by atoms with van der Waals surface area (Å²) in [6.45, 7) is 1.36. The van der Waals surface area contributed by atoms with Gasteiger partial charge in [0.15, 0.2) is 0 Å². The van der Waals surface area contributed by atoms with Gasteiger partial charge in [-0.25, -0.2) is 0 Å². The minimum Gasteiger partial charge on any atom is -0.480 e. The van der Waals surface area contributed by atoms with Crippen LogP contribution in [-0.2, 0) is 4.79 Å². The van der Waals surface area contributed by atoms with Gasteiger partial charge in [-0.1, -0.05) is 24.3 Å². The van der Waals surface area contributed by atoms with Gasteiger partial charge in [-0.3, -0.25) is 4.79 Å². The van der Waals surface area contributed by atoms with Gasteiger partial charge >= 0.3 is 5.97 Å². The third-order valence-corrected chi connectivity index (χ3v) is 3.33. The molecular formula is C16H16O4P2. The smallest absolute Gasteiger partial charge is 0.308 e. The van der Waals surface area contributed by atoms with Crippen molar-refractivity contribution in [1.82, 2.24) is 0 Å². The third kappa shape index (κ3) is 4.84. The molecule has 6 heteroatoms. The number of ether oxygens (including phenoxy) is 1. The average Bonchev–Trinajstić information content (AvgIpc) is 2.52. The molecule has 2 rings (SSSR count). The Labute approximate surface area is 134 Å². The van der Waals surface area contributed by atoms with Gasteiger partial charge in [-0.2, -0.15) is 0 Å². The first-order valence-corrected chi connectivity index (χ1v) is 7.40. The highest BCUT2D eigenvalue weighted by atomic mass is 31.0. The Morgan fingerprint density at radius 1 is 0.864 bits per heavy atom. The lowest BCUT2D eigenvalue weighted by atomic mass is 10.1. The highest BCUT2D eigenvalue weighted by Gasteiger charge is 2.03. The summed E-state index contributed by atoms with van der Waals surface area (Å²) in [6, 6.07) is 12.9. The van der Waals surface area contributed by atoms with E-state index in [1.54, 1.807) is 12.1 Å². The standard InChI is InChI=1S/C16H16O4P2/c1-11(17)18-15-8-13(9-16(10-15)20-22)3-2-12-4-6-14(19-21)7-5-12/h2-10H,21-22H2,1H3. The first kappa shape index (κ1) is 16.5. The number of hydrogen-bond donors (Lipinski definition) is 0. The zero-order chi connectivity index (χ0) is 15.9. The summed E-state index contributed by atoms with van der Waals surface area (Å²) in [5.74, 6) is 1.44. The van der Waals surface area contributed by atoms with Gasteiger partial charge in [0, 0.05) is 13.0 Å². The molecule has 2 unspecified atom stereocenters. The number of rotatable bonds is 5. The second-order valence-electron chi connectivity index (χ2n) is 4.47. The van der Waals surface area contributed by atoms with Crippen molar-refractivity contribution in [2.75, 3.05) is 0 Å². The zero-order valence-electron chi connectivity index (χ0n) is 12.0. The van der Waals surface area contributed by atoms with Gasteiger partial charge < -0.3 is 13.8 Å². The van der Waals surface area contributed by atoms with E-state index in [9.17, 15) is 4.79 Å². The average molecular weight is 334 g/mol. The Kier molecular flexibility index (Phi) is 5.94. The van der Waals surface area contributed by atoms with Crippen LogP contribution in [0.2, 0.25) is 0 Å². The van der Waals surface area contributed by atoms with Gasteiger partial charge in [-0.05, 0) is 35.4 Å². The van der Waals surface area contributed by atoms with Crippen LogP contribution in [0.1, 0.15) is 18.1 Å². The van der Waals surface area contributed by atoms with E-state index in [2.05, 4.69) is 18.9 Å². The molecule has 0 saturated carbocycles. The van der Waals surface area contributed by atoms with E-state index < -0.39 is 0 Å². The van der Waals surface area contributed by atoms with Crippen molar-refractivity contribution in [3.8, 4) is 17.2 Å². The molecule has 0 radical (unpaired) electrons. The number of esters is 1. The summed E-state index contributed by atoms with van der Waals surface area (Å²) >= 11 is 0. The fraction of sp³-hybridized carbons (Fsp3) is 0.0625. The Bertz CT molecular complexity index is 681. The molecule has 0 N–H and O–H groups in total. The topological polar surface area (TPSA) is 44.8 Å². The van der Waals surface area contributed by atoms with Crippen molar-refractivity contribution in [1.29, 1.82) is 0 Å². The van der Waals surface area contributed by atoms with Crippen LogP contribution in [0.5, 0.6) is 17.2 Å². The van der Waals surface area contributed by atoms with E-state index in [0.29, 0.717) is 11.5 Å². The minimum atomic E-state index is -0.371. The van der Waals surface area contributed by atoms with Crippen LogP contribution in [0.25, 0.3) is 12.2 Å². The van der Waals surface area contributed by atoms with E-state index >= 15 is 0 Å². The van der Waals surface area contributed by atoms with Crippen molar-refractivity contribution >= 4 is 37.1 Å². The number of benzene rings is 2. The van der Waals surface area contributed by atoms with Gasteiger partial charge in [0.25, 0.3) is 0 Å². The van der Waals surface area contributed by atoms with Crippen molar-refractivity contribution < 1.29 is 18.6 Å². The van der Waals surface area contributed by atoms with Crippen LogP contribution in [0.3, 0.4) is 0 Å². The predicted octanol–water partition coefficient (Wildman–Crippen LogP) is 4.12. The third-order valence-electron chi connectivity index (χ3n) is 2.78. The summed E-state index contributed by atoms with van der Waals surface area (Å²) in [7, 11) is 4.38. The van der Waals surface area contributed by atoms with Crippen molar-refractivity contribution in [2.24, 2.45) is 0 Å². The Morgan fingerprint density at radius 3 is 2.05 bits per heavy atom. The monoisotopic (exact) mass is 334 g/mol. The lowest BCUT2D eigenvalue weighted by Crippen LogP contribution is -2.01. The van der Waals surface area contributed by atoms with E-state index in [1.165, 1.54) is 6.92 Å². The molecule has 0 spiro atoms. The Morgan fingerprint density at radius 2 is 1.45 bits per heavy atom. The molecule has 0 aliphatic rings. The van der Waals surface area contributed by atoms with E-state index in [0.717, 1.165) is 16.9 Å². The summed E-state index contributed by atoms with van der Waals surface area (Å²) in [5, 5.41) is 0. The normalized spacial score (nSPS) is 10.5. The highest BCUT2D eigenvalue weighted by molar-refractivity contribution is 7.10. The molecule has 0 aliphatic carbocycles. The number of hydrogen-bond acceptors (Lipinski definition) is 4. The zero-order valence-corrected chi connectivity index (χ0v) is 14.3. The molecule has 0 aliphatic heterocycles. The molecule has 114 valence electrons. The summed E-state index contributed by atoms with van der Waals surface area (Å²) in [6.07, 6.45) is 3.86. The lowest BCUT2D eigenvalue weighted by Gasteiger charge is -2.06. The predicted molar refractivity (Wildman–Crippen MR) is 93.8 cm³/mol. The van der Waals surface area contributed by atoms with Crippen LogP contribution >= 0.6 is 18.9 Å². The van der Waals surface area contributed by atoms with Gasteiger partial charge in [0.1, 0.15) is 17.2 Å². The number of carbonyl (C=O) groups excluding carboxylic acids is 1. The summed E-state index contributed by atoms with van der Waals surface area (Å²) in [4.78, 5) is 11.1. The van der Waals surface area contributed by atoms with Crippen LogP contribution in [0.15, 0.2) is 42.5 Å². The largest absolute Gasteiger partial charge is 0.480 e. The second-order valence-corrected chi connectivity index (χ2v) is 4.94. The lowest BCUT2D eigenvalue weighted by molar-refractivity contribution is -0.131. The second kappa shape index (κ2) is 7.93. The number of carbonyl (C=O) groups is 1. The molecule has 0 aromatic heterocycles. The van der Waals surface area contributed by atoms with Gasteiger partial charge in [0.05, 0.1) is 18.9 Å². The molecule has 0 fully saturated rings. The fourth-order valence-corrected chi connectivity index (χ4v) is 2.13. The molecule has 0 heterocycles. The fourth-order valence-electron chi connectivity index (χ4n) is 1.83. The maximum absolute atomic E-state index is 11.1. The van der Waals surface area contributed by atoms with Crippen molar-refractivity contribution in [3.63, 3.8) is 0 Å². The maximum Gasteiger partial charge on any atom is 0.308 e.